The highest BCUT2D eigenvalue weighted by Crippen LogP contribution is 2.40. The number of carbonyl (C=O) groups is 2. The summed E-state index contributed by atoms with van der Waals surface area (Å²) in [5.74, 6) is -0.0294. The van der Waals surface area contributed by atoms with Crippen molar-refractivity contribution in [2.24, 2.45) is 5.92 Å². The molecule has 22 heavy (non-hydrogen) atoms. The lowest BCUT2D eigenvalue weighted by atomic mass is 9.84. The topological polar surface area (TPSA) is 83.6 Å². The van der Waals surface area contributed by atoms with Crippen molar-refractivity contribution in [1.29, 1.82) is 0 Å². The van der Waals surface area contributed by atoms with Crippen LogP contribution in [-0.2, 0) is 16.0 Å². The third-order valence-corrected chi connectivity index (χ3v) is 5.17. The lowest BCUT2D eigenvalue weighted by molar-refractivity contribution is -0.149. The van der Waals surface area contributed by atoms with Crippen LogP contribution in [0.4, 0.5) is 0 Å². The number of carbonyl (C=O) groups excluding carboxylic acids is 1. The van der Waals surface area contributed by atoms with Crippen molar-refractivity contribution in [1.82, 2.24) is 10.1 Å². The Morgan fingerprint density at radius 3 is 2.68 bits per heavy atom. The van der Waals surface area contributed by atoms with Gasteiger partial charge in [-0.2, -0.15) is 0 Å². The number of hydrogen-bond acceptors (Lipinski definition) is 4. The van der Waals surface area contributed by atoms with Crippen LogP contribution in [0.15, 0.2) is 4.52 Å². The van der Waals surface area contributed by atoms with Gasteiger partial charge in [0.2, 0.25) is 5.91 Å². The largest absolute Gasteiger partial charge is 0.480 e. The molecule has 1 aliphatic carbocycles. The predicted molar refractivity (Wildman–Crippen MR) is 78.3 cm³/mol. The van der Waals surface area contributed by atoms with Crippen molar-refractivity contribution in [3.8, 4) is 0 Å². The minimum absolute atomic E-state index is 0.0859. The van der Waals surface area contributed by atoms with Crippen LogP contribution in [0.25, 0.3) is 0 Å². The summed E-state index contributed by atoms with van der Waals surface area (Å²) in [7, 11) is 0. The summed E-state index contributed by atoms with van der Waals surface area (Å²) in [4.78, 5) is 26.0. The van der Waals surface area contributed by atoms with Crippen LogP contribution in [0.1, 0.15) is 49.1 Å². The number of fused-ring (bicyclic) bond motifs is 1. The molecule has 3 atom stereocenters. The zero-order valence-electron chi connectivity index (χ0n) is 13.0. The highest BCUT2D eigenvalue weighted by atomic mass is 16.5. The second kappa shape index (κ2) is 5.74. The van der Waals surface area contributed by atoms with Gasteiger partial charge in [-0.05, 0) is 39.0 Å². The fraction of sp³-hybridized carbons (Fsp3) is 0.688. The van der Waals surface area contributed by atoms with E-state index in [0.29, 0.717) is 23.8 Å². The molecule has 1 aromatic heterocycles. The number of carboxylic acids is 1. The Bertz CT molecular complexity index is 575. The quantitative estimate of drug-likeness (QED) is 0.924. The first kappa shape index (κ1) is 15.1. The number of hydrogen-bond donors (Lipinski definition) is 1. The molecular formula is C16H22N2O4. The van der Waals surface area contributed by atoms with E-state index in [2.05, 4.69) is 5.16 Å². The number of aromatic nitrogens is 1. The van der Waals surface area contributed by atoms with Gasteiger partial charge in [0.05, 0.1) is 12.1 Å². The predicted octanol–water partition coefficient (Wildman–Crippen LogP) is 2.08. The minimum Gasteiger partial charge on any atom is -0.480 e. The lowest BCUT2D eigenvalue weighted by Crippen LogP contribution is -2.46. The Hall–Kier alpha value is -1.85. The number of likely N-dealkylation sites (tertiary alicyclic amines) is 1. The Morgan fingerprint density at radius 1 is 1.32 bits per heavy atom. The van der Waals surface area contributed by atoms with Gasteiger partial charge >= 0.3 is 5.97 Å². The summed E-state index contributed by atoms with van der Waals surface area (Å²) in [5.41, 5.74) is 1.49. The van der Waals surface area contributed by atoms with Crippen LogP contribution in [0, 0.1) is 19.8 Å². The molecule has 1 amide bonds. The van der Waals surface area contributed by atoms with E-state index >= 15 is 0 Å². The first-order chi connectivity index (χ1) is 10.5. The minimum atomic E-state index is -0.887. The Balaban J connectivity index is 1.83. The molecule has 2 aliphatic rings. The Morgan fingerprint density at radius 2 is 2.05 bits per heavy atom. The number of aryl methyl sites for hydroxylation is 2. The Labute approximate surface area is 129 Å². The molecule has 1 N–H and O–H groups in total. The maximum atomic E-state index is 12.8. The summed E-state index contributed by atoms with van der Waals surface area (Å²) in [5, 5.41) is 13.4. The summed E-state index contributed by atoms with van der Waals surface area (Å²) in [6, 6.07) is -0.594. The van der Waals surface area contributed by atoms with Gasteiger partial charge in [0.25, 0.3) is 0 Å². The number of rotatable bonds is 3. The maximum Gasteiger partial charge on any atom is 0.326 e. The van der Waals surface area contributed by atoms with E-state index < -0.39 is 12.0 Å². The molecule has 2 fully saturated rings. The van der Waals surface area contributed by atoms with Crippen LogP contribution in [0.2, 0.25) is 0 Å². The second-order valence-corrected chi connectivity index (χ2v) is 6.48. The summed E-state index contributed by atoms with van der Waals surface area (Å²) in [6.45, 7) is 3.59. The fourth-order valence-electron chi connectivity index (χ4n) is 4.04. The van der Waals surface area contributed by atoms with Gasteiger partial charge in [0.1, 0.15) is 11.8 Å². The van der Waals surface area contributed by atoms with Crippen molar-refractivity contribution < 1.29 is 19.2 Å². The first-order valence-corrected chi connectivity index (χ1v) is 7.94. The standard InChI is InChI=1S/C16H22N2O4/c1-9-12(10(2)22-17-9)8-15(19)18-13-6-4-3-5-11(13)7-14(18)16(20)21/h11,13-14H,3-8H2,1-2H3,(H,20,21)/t11-,13-,14-/m0/s1. The van der Waals surface area contributed by atoms with Crippen LogP contribution < -0.4 is 0 Å². The molecule has 0 unspecified atom stereocenters. The zero-order valence-corrected chi connectivity index (χ0v) is 13.0. The lowest BCUT2D eigenvalue weighted by Gasteiger charge is -2.33. The molecule has 6 nitrogen and oxygen atoms in total. The van der Waals surface area contributed by atoms with E-state index in [-0.39, 0.29) is 18.4 Å². The maximum absolute atomic E-state index is 12.8. The van der Waals surface area contributed by atoms with E-state index in [1.165, 1.54) is 0 Å². The molecule has 120 valence electrons. The van der Waals surface area contributed by atoms with Crippen LogP contribution in [0.5, 0.6) is 0 Å². The molecule has 1 saturated heterocycles. The average Bonchev–Trinajstić information content (AvgIpc) is 3.02. The van der Waals surface area contributed by atoms with Crippen LogP contribution in [-0.4, -0.2) is 39.1 Å². The number of carboxylic acid groups (broad SMARTS) is 1. The van der Waals surface area contributed by atoms with Crippen molar-refractivity contribution in [3.05, 3.63) is 17.0 Å². The molecule has 0 bridgehead atoms. The van der Waals surface area contributed by atoms with Gasteiger partial charge in [-0.25, -0.2) is 4.79 Å². The van der Waals surface area contributed by atoms with E-state index in [4.69, 9.17) is 4.52 Å². The SMILES string of the molecule is Cc1noc(C)c1CC(=O)N1[C@H](C(=O)O)C[C@@H]2CCCC[C@@H]21. The molecule has 1 saturated carbocycles. The van der Waals surface area contributed by atoms with E-state index in [1.54, 1.807) is 18.7 Å². The third-order valence-electron chi connectivity index (χ3n) is 5.17. The molecule has 0 spiro atoms. The number of aliphatic carboxylic acids is 1. The van der Waals surface area contributed by atoms with E-state index in [0.717, 1.165) is 31.2 Å². The van der Waals surface area contributed by atoms with Gasteiger partial charge in [-0.1, -0.05) is 18.0 Å². The summed E-state index contributed by atoms with van der Waals surface area (Å²) in [6.07, 6.45) is 4.93. The number of nitrogens with zero attached hydrogens (tertiary/aromatic N) is 2. The monoisotopic (exact) mass is 306 g/mol. The zero-order chi connectivity index (χ0) is 15.9. The molecule has 1 aromatic rings. The van der Waals surface area contributed by atoms with Crippen molar-refractivity contribution in [2.75, 3.05) is 0 Å². The van der Waals surface area contributed by atoms with Crippen LogP contribution in [0.3, 0.4) is 0 Å². The fourth-order valence-corrected chi connectivity index (χ4v) is 4.04. The third kappa shape index (κ3) is 2.51. The molecule has 0 aromatic carbocycles. The highest BCUT2D eigenvalue weighted by molar-refractivity contribution is 5.86. The van der Waals surface area contributed by atoms with E-state index in [9.17, 15) is 14.7 Å². The van der Waals surface area contributed by atoms with Crippen molar-refractivity contribution in [3.63, 3.8) is 0 Å². The molecule has 2 heterocycles. The van der Waals surface area contributed by atoms with Gasteiger partial charge < -0.3 is 14.5 Å². The normalized spacial score (nSPS) is 27.7. The average molecular weight is 306 g/mol. The smallest absolute Gasteiger partial charge is 0.326 e. The van der Waals surface area contributed by atoms with Crippen molar-refractivity contribution >= 4 is 11.9 Å². The van der Waals surface area contributed by atoms with Gasteiger partial charge in [-0.3, -0.25) is 4.79 Å². The summed E-state index contributed by atoms with van der Waals surface area (Å²) < 4.78 is 5.10. The van der Waals surface area contributed by atoms with Gasteiger partial charge in [-0.15, -0.1) is 0 Å². The van der Waals surface area contributed by atoms with Gasteiger partial charge in [0, 0.05) is 11.6 Å². The number of amides is 1. The molecule has 1 aliphatic heterocycles. The molecular weight excluding hydrogens is 284 g/mol. The Kier molecular flexibility index (Phi) is 3.93. The second-order valence-electron chi connectivity index (χ2n) is 6.48. The highest BCUT2D eigenvalue weighted by Gasteiger charge is 2.47. The molecule has 0 radical (unpaired) electrons. The van der Waals surface area contributed by atoms with Gasteiger partial charge in [0.15, 0.2) is 0 Å². The first-order valence-electron chi connectivity index (χ1n) is 7.94. The van der Waals surface area contributed by atoms with E-state index in [1.807, 2.05) is 0 Å². The molecule has 6 heteroatoms. The summed E-state index contributed by atoms with van der Waals surface area (Å²) >= 11 is 0. The molecule has 3 rings (SSSR count). The van der Waals surface area contributed by atoms with Crippen molar-refractivity contribution in [2.45, 2.75) is 64.5 Å². The van der Waals surface area contributed by atoms with Crippen LogP contribution >= 0.6 is 0 Å².